The van der Waals surface area contributed by atoms with Crippen LogP contribution in [0.25, 0.3) is 0 Å². The molecular formula is C12H23NO2S. The quantitative estimate of drug-likeness (QED) is 0.820. The minimum absolute atomic E-state index is 0.109. The molecule has 16 heavy (non-hydrogen) atoms. The van der Waals surface area contributed by atoms with Gasteiger partial charge in [0.2, 0.25) is 0 Å². The molecule has 94 valence electrons. The molecule has 2 rings (SSSR count). The van der Waals surface area contributed by atoms with Gasteiger partial charge in [0, 0.05) is 6.04 Å². The van der Waals surface area contributed by atoms with Gasteiger partial charge in [-0.2, -0.15) is 0 Å². The van der Waals surface area contributed by atoms with Crippen LogP contribution in [-0.2, 0) is 9.84 Å². The Labute approximate surface area is 98.7 Å². The summed E-state index contributed by atoms with van der Waals surface area (Å²) in [5.74, 6) is 1.26. The first-order valence-electron chi connectivity index (χ1n) is 6.46. The zero-order valence-corrected chi connectivity index (χ0v) is 10.9. The van der Waals surface area contributed by atoms with E-state index < -0.39 is 9.84 Å². The number of sulfone groups is 1. The molecule has 4 heteroatoms. The van der Waals surface area contributed by atoms with Gasteiger partial charge in [0.05, 0.1) is 11.0 Å². The lowest BCUT2D eigenvalue weighted by molar-refractivity contribution is 0.381. The zero-order valence-electron chi connectivity index (χ0n) is 10.1. The van der Waals surface area contributed by atoms with Crippen LogP contribution in [0.3, 0.4) is 0 Å². The van der Waals surface area contributed by atoms with Gasteiger partial charge in [-0.15, -0.1) is 0 Å². The van der Waals surface area contributed by atoms with Crippen LogP contribution in [0.1, 0.15) is 45.4 Å². The minimum atomic E-state index is -2.95. The maximum Gasteiger partial charge on any atom is 0.154 e. The second-order valence-electron chi connectivity index (χ2n) is 5.72. The summed E-state index contributed by atoms with van der Waals surface area (Å²) >= 11 is 0. The van der Waals surface area contributed by atoms with E-state index in [1.54, 1.807) is 0 Å². The molecule has 0 aromatic heterocycles. The first kappa shape index (κ1) is 12.4. The van der Waals surface area contributed by atoms with E-state index in [1.807, 2.05) is 0 Å². The Balaban J connectivity index is 1.94. The molecule has 0 saturated heterocycles. The fraction of sp³-hybridized carbons (Fsp3) is 1.00. The van der Waals surface area contributed by atoms with Gasteiger partial charge in [-0.05, 0) is 37.5 Å². The fourth-order valence-corrected chi connectivity index (χ4v) is 5.00. The molecule has 0 radical (unpaired) electrons. The van der Waals surface area contributed by atoms with Crippen LogP contribution in [0.5, 0.6) is 0 Å². The second-order valence-corrected chi connectivity index (χ2v) is 8.05. The Morgan fingerprint density at radius 2 is 1.94 bits per heavy atom. The van der Waals surface area contributed by atoms with Crippen LogP contribution in [0.4, 0.5) is 0 Å². The van der Waals surface area contributed by atoms with Crippen molar-refractivity contribution in [3.63, 3.8) is 0 Å². The summed E-state index contributed by atoms with van der Waals surface area (Å²) in [6, 6.07) is -0.109. The highest BCUT2D eigenvalue weighted by molar-refractivity contribution is 7.92. The summed E-state index contributed by atoms with van der Waals surface area (Å²) in [6.07, 6.45) is 6.18. The van der Waals surface area contributed by atoms with E-state index in [9.17, 15) is 8.42 Å². The maximum atomic E-state index is 12.2. The number of nitrogens with two attached hydrogens (primary N) is 1. The number of hydrogen-bond donors (Lipinski definition) is 1. The van der Waals surface area contributed by atoms with Crippen molar-refractivity contribution >= 4 is 9.84 Å². The predicted octanol–water partition coefficient (Wildman–Crippen LogP) is 1.72. The molecule has 2 saturated carbocycles. The van der Waals surface area contributed by atoms with Crippen LogP contribution in [0.2, 0.25) is 0 Å². The molecule has 0 aromatic carbocycles. The fourth-order valence-electron chi connectivity index (χ4n) is 2.77. The third kappa shape index (κ3) is 2.98. The zero-order chi connectivity index (χ0) is 11.8. The monoisotopic (exact) mass is 245 g/mol. The Hall–Kier alpha value is -0.0900. The average molecular weight is 245 g/mol. The molecule has 2 N–H and O–H groups in total. The molecule has 0 bridgehead atoms. The highest BCUT2D eigenvalue weighted by Crippen LogP contribution is 2.34. The molecule has 3 unspecified atom stereocenters. The molecule has 0 aliphatic heterocycles. The molecule has 3 atom stereocenters. The summed E-state index contributed by atoms with van der Waals surface area (Å²) in [4.78, 5) is 0. The van der Waals surface area contributed by atoms with Crippen molar-refractivity contribution in [1.29, 1.82) is 0 Å². The average Bonchev–Trinajstić information content (AvgIpc) is 3.00. The maximum absolute atomic E-state index is 12.2. The molecule has 0 spiro atoms. The van der Waals surface area contributed by atoms with E-state index in [2.05, 4.69) is 6.92 Å². The van der Waals surface area contributed by atoms with Crippen molar-refractivity contribution in [2.45, 2.75) is 56.7 Å². The van der Waals surface area contributed by atoms with Gasteiger partial charge in [0.15, 0.2) is 9.84 Å². The van der Waals surface area contributed by atoms with Crippen molar-refractivity contribution < 1.29 is 8.42 Å². The molecular weight excluding hydrogens is 222 g/mol. The van der Waals surface area contributed by atoms with E-state index in [4.69, 9.17) is 5.73 Å². The summed E-state index contributed by atoms with van der Waals surface area (Å²) in [6.45, 7) is 2.16. The molecule has 0 amide bonds. The Morgan fingerprint density at radius 3 is 2.50 bits per heavy atom. The molecule has 0 heterocycles. The summed E-state index contributed by atoms with van der Waals surface area (Å²) in [5.41, 5.74) is 5.93. The SMILES string of the molecule is CC1CCCC(S(=O)(=O)CC(N)C2CC2)C1. The highest BCUT2D eigenvalue weighted by Gasteiger charge is 2.36. The Morgan fingerprint density at radius 1 is 1.25 bits per heavy atom. The van der Waals surface area contributed by atoms with E-state index in [0.717, 1.165) is 32.1 Å². The van der Waals surface area contributed by atoms with E-state index >= 15 is 0 Å². The summed E-state index contributed by atoms with van der Waals surface area (Å²) < 4.78 is 24.4. The van der Waals surface area contributed by atoms with Crippen LogP contribution >= 0.6 is 0 Å². The smallest absolute Gasteiger partial charge is 0.154 e. The normalized spacial score (nSPS) is 33.6. The van der Waals surface area contributed by atoms with Gasteiger partial charge < -0.3 is 5.73 Å². The van der Waals surface area contributed by atoms with Crippen molar-refractivity contribution in [1.82, 2.24) is 0 Å². The third-order valence-corrected chi connectivity index (χ3v) is 6.34. The van der Waals surface area contributed by atoms with E-state index in [-0.39, 0.29) is 17.0 Å². The first-order valence-corrected chi connectivity index (χ1v) is 8.17. The van der Waals surface area contributed by atoms with Gasteiger partial charge in [0.25, 0.3) is 0 Å². The summed E-state index contributed by atoms with van der Waals surface area (Å²) in [5, 5.41) is -0.110. The predicted molar refractivity (Wildman–Crippen MR) is 65.9 cm³/mol. The van der Waals surface area contributed by atoms with Gasteiger partial charge in [-0.3, -0.25) is 0 Å². The minimum Gasteiger partial charge on any atom is -0.327 e. The van der Waals surface area contributed by atoms with Gasteiger partial charge in [0.1, 0.15) is 0 Å². The van der Waals surface area contributed by atoms with Gasteiger partial charge >= 0.3 is 0 Å². The summed E-state index contributed by atoms with van der Waals surface area (Å²) in [7, 11) is -2.95. The van der Waals surface area contributed by atoms with Crippen molar-refractivity contribution in [2.75, 3.05) is 5.75 Å². The molecule has 3 nitrogen and oxygen atoms in total. The number of rotatable bonds is 4. The van der Waals surface area contributed by atoms with E-state index in [1.165, 1.54) is 6.42 Å². The van der Waals surface area contributed by atoms with Crippen molar-refractivity contribution in [3.05, 3.63) is 0 Å². The lowest BCUT2D eigenvalue weighted by Crippen LogP contribution is -2.38. The van der Waals surface area contributed by atoms with Gasteiger partial charge in [-0.1, -0.05) is 19.8 Å². The Bertz CT molecular complexity index is 335. The Kier molecular flexibility index (Phi) is 3.59. The molecule has 2 aliphatic carbocycles. The second kappa shape index (κ2) is 4.65. The van der Waals surface area contributed by atoms with Crippen LogP contribution in [0.15, 0.2) is 0 Å². The van der Waals surface area contributed by atoms with Crippen molar-refractivity contribution in [2.24, 2.45) is 17.6 Å². The molecule has 2 aliphatic rings. The van der Waals surface area contributed by atoms with Crippen LogP contribution in [0, 0.1) is 11.8 Å². The largest absolute Gasteiger partial charge is 0.327 e. The first-order chi connectivity index (χ1) is 7.49. The molecule has 2 fully saturated rings. The van der Waals surface area contributed by atoms with Gasteiger partial charge in [-0.25, -0.2) is 8.42 Å². The lowest BCUT2D eigenvalue weighted by atomic mass is 9.91. The van der Waals surface area contributed by atoms with Crippen molar-refractivity contribution in [3.8, 4) is 0 Å². The van der Waals surface area contributed by atoms with E-state index in [0.29, 0.717) is 11.8 Å². The number of hydrogen-bond acceptors (Lipinski definition) is 3. The molecule has 0 aromatic rings. The third-order valence-electron chi connectivity index (χ3n) is 4.05. The lowest BCUT2D eigenvalue weighted by Gasteiger charge is -2.27. The van der Waals surface area contributed by atoms with Crippen LogP contribution < -0.4 is 5.73 Å². The van der Waals surface area contributed by atoms with Crippen LogP contribution in [-0.4, -0.2) is 25.5 Å². The highest BCUT2D eigenvalue weighted by atomic mass is 32.2. The topological polar surface area (TPSA) is 60.2 Å². The standard InChI is InChI=1S/C12H23NO2S/c1-9-3-2-4-11(7-9)16(14,15)8-12(13)10-5-6-10/h9-12H,2-8,13H2,1H3.